The van der Waals surface area contributed by atoms with Crippen molar-refractivity contribution < 1.29 is 37.3 Å². The van der Waals surface area contributed by atoms with Crippen molar-refractivity contribution in [3.05, 3.63) is 85.1 Å². The molecule has 2 unspecified atom stereocenters. The highest BCUT2D eigenvalue weighted by atomic mass is 31.2. The predicted octanol–water partition coefficient (Wildman–Crippen LogP) is 13.3. The number of carbonyl (C=O) groups is 1. The first-order chi connectivity index (χ1) is 27.6. The van der Waals surface area contributed by atoms with Crippen molar-refractivity contribution in [3.63, 3.8) is 0 Å². The first-order valence-corrected chi connectivity index (χ1v) is 23.8. The van der Waals surface area contributed by atoms with Gasteiger partial charge in [-0.25, -0.2) is 4.57 Å². The number of rotatable bonds is 40. The molecule has 1 N–H and O–H groups in total. The minimum absolute atomic E-state index is 0.0701. The Hall–Kier alpha value is -2.32. The topological polar surface area (TPSA) is 91.3 Å². The standard InChI is InChI=1S/C48H84NO7P/c1-6-8-10-12-14-16-18-20-22-24-25-26-27-29-31-33-35-37-39-41-48(50)56-47(46-55-57(51,52)54-44-42-49(3,4)5)45-53-43-40-38-36-34-32-30-28-23-21-19-17-15-13-11-9-7-2/h9,11,14-17,20-23,30,32,36,38,47H,6-8,10,12-13,18-19,24-29,31,33-35,37,39-46H2,1-5H3/p+1/b11-9-,16-14-,17-15-,22-20-,23-21-,32-30-,38-36-. The van der Waals surface area contributed by atoms with Crippen molar-refractivity contribution in [1.29, 1.82) is 0 Å². The zero-order chi connectivity index (χ0) is 42.0. The van der Waals surface area contributed by atoms with Crippen LogP contribution in [0.2, 0.25) is 0 Å². The number of phosphoric ester groups is 1. The number of likely N-dealkylation sites (N-methyl/N-ethyl adjacent to an activating group) is 1. The summed E-state index contributed by atoms with van der Waals surface area (Å²) in [4.78, 5) is 22.9. The lowest BCUT2D eigenvalue weighted by atomic mass is 10.1. The molecule has 0 rings (SSSR count). The Bertz CT molecular complexity index is 1180. The van der Waals surface area contributed by atoms with Gasteiger partial charge in [0.1, 0.15) is 19.3 Å². The second-order valence-corrected chi connectivity index (χ2v) is 17.1. The third-order valence-electron chi connectivity index (χ3n) is 8.96. The summed E-state index contributed by atoms with van der Waals surface area (Å²) in [5.74, 6) is -0.346. The van der Waals surface area contributed by atoms with Crippen LogP contribution in [0.1, 0.15) is 155 Å². The number of hydrogen-bond acceptors (Lipinski definition) is 6. The molecule has 0 saturated carbocycles. The Labute approximate surface area is 350 Å². The zero-order valence-electron chi connectivity index (χ0n) is 37.0. The molecule has 0 aromatic heterocycles. The summed E-state index contributed by atoms with van der Waals surface area (Å²) in [7, 11) is 1.61. The Morgan fingerprint density at radius 3 is 1.53 bits per heavy atom. The Morgan fingerprint density at radius 1 is 0.561 bits per heavy atom. The predicted molar refractivity (Wildman–Crippen MR) is 242 cm³/mol. The van der Waals surface area contributed by atoms with E-state index in [1.54, 1.807) is 0 Å². The van der Waals surface area contributed by atoms with Crippen LogP contribution in [0.15, 0.2) is 85.1 Å². The normalized spacial score (nSPS) is 14.6. The quantitative estimate of drug-likeness (QED) is 0.0216. The van der Waals surface area contributed by atoms with Gasteiger partial charge in [0.25, 0.3) is 0 Å². The van der Waals surface area contributed by atoms with E-state index < -0.39 is 13.9 Å². The summed E-state index contributed by atoms with van der Waals surface area (Å²) >= 11 is 0. The number of carbonyl (C=O) groups excluding carboxylic acids is 1. The van der Waals surface area contributed by atoms with E-state index in [4.69, 9.17) is 18.5 Å². The van der Waals surface area contributed by atoms with Gasteiger partial charge in [0, 0.05) is 6.42 Å². The summed E-state index contributed by atoms with van der Waals surface area (Å²) in [5, 5.41) is 0. The third kappa shape index (κ3) is 44.6. The summed E-state index contributed by atoms with van der Waals surface area (Å²) in [6.07, 6.45) is 53.5. The number of phosphoric acid groups is 1. The lowest BCUT2D eigenvalue weighted by Crippen LogP contribution is -2.37. The SMILES string of the molecule is CC/C=C\C/C=C\C/C=C\C/C=C\C/C=C\CCOCC(COP(=O)(O)OCC[N+](C)(C)C)OC(=O)CCCCCCCCCCC/C=C\C/C=C\CCCCC. The van der Waals surface area contributed by atoms with Crippen LogP contribution in [0.5, 0.6) is 0 Å². The molecule has 0 amide bonds. The van der Waals surface area contributed by atoms with E-state index in [0.29, 0.717) is 30.5 Å². The maximum absolute atomic E-state index is 12.7. The van der Waals surface area contributed by atoms with Gasteiger partial charge in [-0.15, -0.1) is 0 Å². The van der Waals surface area contributed by atoms with E-state index in [9.17, 15) is 14.3 Å². The fraction of sp³-hybridized carbons (Fsp3) is 0.688. The third-order valence-corrected chi connectivity index (χ3v) is 9.94. The second kappa shape index (κ2) is 40.5. The largest absolute Gasteiger partial charge is 0.472 e. The fourth-order valence-electron chi connectivity index (χ4n) is 5.53. The molecule has 0 bridgehead atoms. The van der Waals surface area contributed by atoms with Crippen LogP contribution in [-0.4, -0.2) is 75.6 Å². The molecular weight excluding hydrogens is 734 g/mol. The van der Waals surface area contributed by atoms with Crippen LogP contribution < -0.4 is 0 Å². The number of nitrogens with zero attached hydrogens (tertiary/aromatic N) is 1. The molecule has 8 nitrogen and oxygen atoms in total. The lowest BCUT2D eigenvalue weighted by Gasteiger charge is -2.24. The molecule has 0 aromatic carbocycles. The number of esters is 1. The van der Waals surface area contributed by atoms with Crippen LogP contribution in [0.4, 0.5) is 0 Å². The molecular formula is C48H85NO7P+. The van der Waals surface area contributed by atoms with E-state index in [0.717, 1.165) is 57.8 Å². The summed E-state index contributed by atoms with van der Waals surface area (Å²) < 4.78 is 34.9. The monoisotopic (exact) mass is 819 g/mol. The van der Waals surface area contributed by atoms with E-state index in [1.165, 1.54) is 70.6 Å². The molecule has 0 aliphatic carbocycles. The molecule has 9 heteroatoms. The summed E-state index contributed by atoms with van der Waals surface area (Å²) in [6.45, 7) is 5.23. The molecule has 0 heterocycles. The zero-order valence-corrected chi connectivity index (χ0v) is 37.9. The van der Waals surface area contributed by atoms with E-state index in [1.807, 2.05) is 21.1 Å². The number of allylic oxidation sites excluding steroid dienone is 13. The van der Waals surface area contributed by atoms with E-state index in [-0.39, 0.29) is 25.8 Å². The van der Waals surface area contributed by atoms with Crippen molar-refractivity contribution >= 4 is 13.8 Å². The first-order valence-electron chi connectivity index (χ1n) is 22.3. The maximum atomic E-state index is 12.7. The minimum Gasteiger partial charge on any atom is -0.457 e. The van der Waals surface area contributed by atoms with E-state index >= 15 is 0 Å². The van der Waals surface area contributed by atoms with Crippen LogP contribution in [0, 0.1) is 0 Å². The fourth-order valence-corrected chi connectivity index (χ4v) is 6.27. The highest BCUT2D eigenvalue weighted by Gasteiger charge is 2.26. The van der Waals surface area contributed by atoms with Gasteiger partial charge in [-0.3, -0.25) is 13.8 Å². The lowest BCUT2D eigenvalue weighted by molar-refractivity contribution is -0.870. The molecule has 0 aromatic rings. The van der Waals surface area contributed by atoms with Crippen LogP contribution in [0.25, 0.3) is 0 Å². The number of ether oxygens (including phenoxy) is 2. The molecule has 0 spiro atoms. The highest BCUT2D eigenvalue weighted by molar-refractivity contribution is 7.47. The molecule has 0 fully saturated rings. The summed E-state index contributed by atoms with van der Waals surface area (Å²) in [5.41, 5.74) is 0. The van der Waals surface area contributed by atoms with Gasteiger partial charge in [0.15, 0.2) is 0 Å². The van der Waals surface area contributed by atoms with Gasteiger partial charge in [0.05, 0.1) is 41.0 Å². The Balaban J connectivity index is 4.35. The average molecular weight is 819 g/mol. The van der Waals surface area contributed by atoms with Gasteiger partial charge in [-0.05, 0) is 77.0 Å². The summed E-state index contributed by atoms with van der Waals surface area (Å²) in [6, 6.07) is 0. The average Bonchev–Trinajstić information content (AvgIpc) is 3.16. The van der Waals surface area contributed by atoms with Gasteiger partial charge >= 0.3 is 13.8 Å². The Kier molecular flexibility index (Phi) is 38.8. The molecule has 2 atom stereocenters. The maximum Gasteiger partial charge on any atom is 0.472 e. The van der Waals surface area contributed by atoms with Crippen molar-refractivity contribution in [3.8, 4) is 0 Å². The number of quaternary nitrogens is 1. The van der Waals surface area contributed by atoms with Gasteiger partial charge in [-0.2, -0.15) is 0 Å². The van der Waals surface area contributed by atoms with Crippen LogP contribution in [0.3, 0.4) is 0 Å². The molecule has 0 saturated heterocycles. The molecule has 57 heavy (non-hydrogen) atoms. The second-order valence-electron chi connectivity index (χ2n) is 15.7. The van der Waals surface area contributed by atoms with Crippen molar-refractivity contribution in [1.82, 2.24) is 0 Å². The van der Waals surface area contributed by atoms with Crippen LogP contribution >= 0.6 is 7.82 Å². The molecule has 0 radical (unpaired) electrons. The van der Waals surface area contributed by atoms with Gasteiger partial charge in [-0.1, -0.05) is 157 Å². The van der Waals surface area contributed by atoms with Gasteiger partial charge < -0.3 is 18.9 Å². The minimum atomic E-state index is -4.30. The van der Waals surface area contributed by atoms with E-state index in [2.05, 4.69) is 98.9 Å². The first kappa shape index (κ1) is 54.7. The smallest absolute Gasteiger partial charge is 0.457 e. The molecule has 328 valence electrons. The molecule has 0 aliphatic rings. The number of unbranched alkanes of at least 4 members (excludes halogenated alkanes) is 12. The molecule has 0 aliphatic heterocycles. The van der Waals surface area contributed by atoms with Crippen molar-refractivity contribution in [2.45, 2.75) is 161 Å². The number of hydrogen-bond donors (Lipinski definition) is 1. The van der Waals surface area contributed by atoms with Crippen molar-refractivity contribution in [2.24, 2.45) is 0 Å². The Morgan fingerprint density at radius 2 is 1.02 bits per heavy atom. The highest BCUT2D eigenvalue weighted by Crippen LogP contribution is 2.43. The van der Waals surface area contributed by atoms with Crippen molar-refractivity contribution in [2.75, 3.05) is 54.1 Å². The van der Waals surface area contributed by atoms with Crippen LogP contribution in [-0.2, 0) is 27.9 Å². The van der Waals surface area contributed by atoms with Gasteiger partial charge in [0.2, 0.25) is 0 Å².